The Kier molecular flexibility index (Phi) is 2.61. The highest BCUT2D eigenvalue weighted by Crippen LogP contribution is 2.37. The molecule has 2 aliphatic rings. The molecule has 4 atom stereocenters. The molecule has 2 heteroatoms. The molecule has 0 aromatic rings. The van der Waals surface area contributed by atoms with Crippen LogP contribution in [0.25, 0.3) is 0 Å². The predicted octanol–water partition coefficient (Wildman–Crippen LogP) is 1.45. The summed E-state index contributed by atoms with van der Waals surface area (Å²) in [5, 5.41) is 0. The molecule has 1 aliphatic carbocycles. The third kappa shape index (κ3) is 1.62. The van der Waals surface area contributed by atoms with Gasteiger partial charge >= 0.3 is 0 Å². The zero-order chi connectivity index (χ0) is 9.42. The SMILES string of the molecule is CC1CCC1N1CC(CN)CC1C. The molecular formula is C11H22N2. The van der Waals surface area contributed by atoms with Crippen LogP contribution in [-0.2, 0) is 0 Å². The Hall–Kier alpha value is -0.0800. The average molecular weight is 182 g/mol. The van der Waals surface area contributed by atoms with Gasteiger partial charge in [0.1, 0.15) is 0 Å². The number of nitrogens with zero attached hydrogens (tertiary/aromatic N) is 1. The molecule has 1 aliphatic heterocycles. The Labute approximate surface area is 81.5 Å². The highest BCUT2D eigenvalue weighted by atomic mass is 15.2. The largest absolute Gasteiger partial charge is 0.330 e. The summed E-state index contributed by atoms with van der Waals surface area (Å²) in [6.07, 6.45) is 4.17. The number of hydrogen-bond acceptors (Lipinski definition) is 2. The molecule has 4 unspecified atom stereocenters. The van der Waals surface area contributed by atoms with Crippen molar-refractivity contribution in [1.82, 2.24) is 4.90 Å². The fourth-order valence-electron chi connectivity index (χ4n) is 2.95. The van der Waals surface area contributed by atoms with Crippen molar-refractivity contribution >= 4 is 0 Å². The van der Waals surface area contributed by atoms with Gasteiger partial charge in [-0.15, -0.1) is 0 Å². The lowest BCUT2D eigenvalue weighted by molar-refractivity contribution is 0.0650. The van der Waals surface area contributed by atoms with Gasteiger partial charge in [-0.3, -0.25) is 4.90 Å². The lowest BCUT2D eigenvalue weighted by Gasteiger charge is -2.43. The second kappa shape index (κ2) is 3.58. The summed E-state index contributed by atoms with van der Waals surface area (Å²) in [5.41, 5.74) is 5.73. The lowest BCUT2D eigenvalue weighted by atomic mass is 9.80. The van der Waals surface area contributed by atoms with Gasteiger partial charge < -0.3 is 5.73 Å². The predicted molar refractivity (Wildman–Crippen MR) is 55.5 cm³/mol. The molecule has 1 saturated carbocycles. The van der Waals surface area contributed by atoms with Gasteiger partial charge in [0.2, 0.25) is 0 Å². The fraction of sp³-hybridized carbons (Fsp3) is 1.00. The molecule has 76 valence electrons. The Morgan fingerprint density at radius 2 is 2.08 bits per heavy atom. The zero-order valence-electron chi connectivity index (χ0n) is 8.87. The molecule has 0 spiro atoms. The molecule has 0 amide bonds. The number of likely N-dealkylation sites (tertiary alicyclic amines) is 1. The van der Waals surface area contributed by atoms with Gasteiger partial charge in [-0.2, -0.15) is 0 Å². The molecule has 2 rings (SSSR count). The van der Waals surface area contributed by atoms with Crippen molar-refractivity contribution in [2.75, 3.05) is 13.1 Å². The number of nitrogens with two attached hydrogens (primary N) is 1. The lowest BCUT2D eigenvalue weighted by Crippen LogP contribution is -2.47. The van der Waals surface area contributed by atoms with Crippen LogP contribution in [0.4, 0.5) is 0 Å². The molecule has 2 nitrogen and oxygen atoms in total. The van der Waals surface area contributed by atoms with Gasteiger partial charge in [0.25, 0.3) is 0 Å². The monoisotopic (exact) mass is 182 g/mol. The van der Waals surface area contributed by atoms with E-state index in [2.05, 4.69) is 18.7 Å². The van der Waals surface area contributed by atoms with Crippen LogP contribution in [0.2, 0.25) is 0 Å². The van der Waals surface area contributed by atoms with E-state index in [4.69, 9.17) is 5.73 Å². The van der Waals surface area contributed by atoms with Crippen LogP contribution in [0.3, 0.4) is 0 Å². The maximum atomic E-state index is 5.73. The van der Waals surface area contributed by atoms with E-state index in [1.165, 1.54) is 25.8 Å². The Balaban J connectivity index is 1.92. The Bertz CT molecular complexity index is 181. The quantitative estimate of drug-likeness (QED) is 0.700. The molecule has 13 heavy (non-hydrogen) atoms. The van der Waals surface area contributed by atoms with Gasteiger partial charge in [0.05, 0.1) is 0 Å². The second-order valence-electron chi connectivity index (χ2n) is 5.01. The van der Waals surface area contributed by atoms with Gasteiger partial charge in [-0.05, 0) is 44.6 Å². The van der Waals surface area contributed by atoms with Crippen LogP contribution in [0.15, 0.2) is 0 Å². The van der Waals surface area contributed by atoms with E-state index in [1.807, 2.05) is 0 Å². The molecule has 0 bridgehead atoms. The van der Waals surface area contributed by atoms with Crippen LogP contribution in [0, 0.1) is 11.8 Å². The van der Waals surface area contributed by atoms with Gasteiger partial charge in [0.15, 0.2) is 0 Å². The third-order valence-electron chi connectivity index (χ3n) is 4.04. The fourth-order valence-corrected chi connectivity index (χ4v) is 2.95. The molecular weight excluding hydrogens is 160 g/mol. The van der Waals surface area contributed by atoms with Crippen molar-refractivity contribution in [3.8, 4) is 0 Å². The maximum Gasteiger partial charge on any atom is 0.0124 e. The Morgan fingerprint density at radius 3 is 2.46 bits per heavy atom. The normalized spacial score (nSPS) is 46.4. The summed E-state index contributed by atoms with van der Waals surface area (Å²) in [7, 11) is 0. The second-order valence-corrected chi connectivity index (χ2v) is 5.01. The first kappa shape index (κ1) is 9.47. The smallest absolute Gasteiger partial charge is 0.0124 e. The van der Waals surface area contributed by atoms with E-state index in [9.17, 15) is 0 Å². The molecule has 0 radical (unpaired) electrons. The van der Waals surface area contributed by atoms with Crippen molar-refractivity contribution in [3.63, 3.8) is 0 Å². The van der Waals surface area contributed by atoms with Crippen LogP contribution < -0.4 is 5.73 Å². The minimum Gasteiger partial charge on any atom is -0.330 e. The third-order valence-corrected chi connectivity index (χ3v) is 4.04. The van der Waals surface area contributed by atoms with Crippen molar-refractivity contribution in [3.05, 3.63) is 0 Å². The van der Waals surface area contributed by atoms with Crippen LogP contribution in [0.1, 0.15) is 33.1 Å². The summed E-state index contributed by atoms with van der Waals surface area (Å²) >= 11 is 0. The van der Waals surface area contributed by atoms with Crippen molar-refractivity contribution < 1.29 is 0 Å². The standard InChI is InChI=1S/C11H22N2/c1-8-3-4-11(8)13-7-10(6-12)5-9(13)2/h8-11H,3-7,12H2,1-2H3. The first-order valence-electron chi connectivity index (χ1n) is 5.68. The minimum atomic E-state index is 0.766. The molecule has 2 N–H and O–H groups in total. The van der Waals surface area contributed by atoms with Gasteiger partial charge in [-0.25, -0.2) is 0 Å². The zero-order valence-corrected chi connectivity index (χ0v) is 8.87. The average Bonchev–Trinajstić information content (AvgIpc) is 2.45. The number of rotatable bonds is 2. The maximum absolute atomic E-state index is 5.73. The van der Waals surface area contributed by atoms with Crippen molar-refractivity contribution in [2.45, 2.75) is 45.2 Å². The summed E-state index contributed by atoms with van der Waals surface area (Å²) in [6, 6.07) is 1.66. The van der Waals surface area contributed by atoms with Gasteiger partial charge in [0, 0.05) is 18.6 Å². The van der Waals surface area contributed by atoms with E-state index in [0.717, 1.165) is 30.5 Å². The highest BCUT2D eigenvalue weighted by Gasteiger charge is 2.39. The first-order valence-corrected chi connectivity index (χ1v) is 5.68. The molecule has 1 heterocycles. The van der Waals surface area contributed by atoms with Crippen molar-refractivity contribution in [1.29, 1.82) is 0 Å². The molecule has 1 saturated heterocycles. The van der Waals surface area contributed by atoms with Gasteiger partial charge in [-0.1, -0.05) is 6.92 Å². The molecule has 0 aromatic heterocycles. The highest BCUT2D eigenvalue weighted by molar-refractivity contribution is 4.93. The summed E-state index contributed by atoms with van der Waals surface area (Å²) < 4.78 is 0. The molecule has 2 fully saturated rings. The summed E-state index contributed by atoms with van der Waals surface area (Å²) in [6.45, 7) is 6.88. The molecule has 0 aromatic carbocycles. The van der Waals surface area contributed by atoms with E-state index in [1.54, 1.807) is 0 Å². The topological polar surface area (TPSA) is 29.3 Å². The van der Waals surface area contributed by atoms with E-state index in [-0.39, 0.29) is 0 Å². The summed E-state index contributed by atoms with van der Waals surface area (Å²) in [5.74, 6) is 1.70. The van der Waals surface area contributed by atoms with E-state index in [0.29, 0.717) is 0 Å². The summed E-state index contributed by atoms with van der Waals surface area (Å²) in [4.78, 5) is 2.70. The Morgan fingerprint density at radius 1 is 1.31 bits per heavy atom. The van der Waals surface area contributed by atoms with Crippen LogP contribution in [-0.4, -0.2) is 30.1 Å². The van der Waals surface area contributed by atoms with Crippen molar-refractivity contribution in [2.24, 2.45) is 17.6 Å². The van der Waals surface area contributed by atoms with Crippen LogP contribution >= 0.6 is 0 Å². The number of hydrogen-bond donors (Lipinski definition) is 1. The van der Waals surface area contributed by atoms with E-state index >= 15 is 0 Å². The first-order chi connectivity index (χ1) is 6.22. The van der Waals surface area contributed by atoms with Crippen LogP contribution in [0.5, 0.6) is 0 Å². The minimum absolute atomic E-state index is 0.766. The van der Waals surface area contributed by atoms with E-state index < -0.39 is 0 Å².